The van der Waals surface area contributed by atoms with E-state index in [0.717, 1.165) is 41.9 Å². The Morgan fingerprint density at radius 1 is 1.00 bits per heavy atom. The number of nitrogens with zero attached hydrogens (tertiary/aromatic N) is 1. The second-order valence-electron chi connectivity index (χ2n) is 7.70. The second-order valence-corrected chi connectivity index (χ2v) is 8.75. The quantitative estimate of drug-likeness (QED) is 0.676. The standard InChI is InChI=1S/C24H22N2O2S/c27-22-9-4-12-26(22)15-16-5-3-7-19(13-16)25-24(28)21-14-18-11-10-17-6-1-2-8-20(17)23(18)29-21/h1-3,5-8,13-14H,4,9-12,15H2,(H,25,28). The fraction of sp³-hybridized carbons (Fsp3) is 0.250. The van der Waals surface area contributed by atoms with Crippen molar-refractivity contribution in [3.8, 4) is 10.4 Å². The van der Waals surface area contributed by atoms with Gasteiger partial charge in [-0.25, -0.2) is 0 Å². The van der Waals surface area contributed by atoms with Crippen LogP contribution in [0.4, 0.5) is 5.69 Å². The van der Waals surface area contributed by atoms with Crippen LogP contribution in [0.3, 0.4) is 0 Å². The van der Waals surface area contributed by atoms with E-state index in [9.17, 15) is 9.59 Å². The maximum Gasteiger partial charge on any atom is 0.265 e. The predicted octanol–water partition coefficient (Wildman–Crippen LogP) is 4.89. The van der Waals surface area contributed by atoms with E-state index in [0.29, 0.717) is 13.0 Å². The molecule has 1 fully saturated rings. The molecule has 0 unspecified atom stereocenters. The van der Waals surface area contributed by atoms with E-state index < -0.39 is 0 Å². The number of amides is 2. The van der Waals surface area contributed by atoms with Crippen LogP contribution >= 0.6 is 11.3 Å². The van der Waals surface area contributed by atoms with Gasteiger partial charge in [0.05, 0.1) is 4.88 Å². The Hall–Kier alpha value is -2.92. The van der Waals surface area contributed by atoms with Crippen LogP contribution < -0.4 is 5.32 Å². The highest BCUT2D eigenvalue weighted by Crippen LogP contribution is 2.39. The summed E-state index contributed by atoms with van der Waals surface area (Å²) in [5.41, 5.74) is 5.69. The van der Waals surface area contributed by atoms with Gasteiger partial charge in [0.15, 0.2) is 0 Å². The van der Waals surface area contributed by atoms with Crippen molar-refractivity contribution in [2.75, 3.05) is 11.9 Å². The number of fused-ring (bicyclic) bond motifs is 3. The summed E-state index contributed by atoms with van der Waals surface area (Å²) in [6, 6.07) is 18.3. The third kappa shape index (κ3) is 3.58. The van der Waals surface area contributed by atoms with Gasteiger partial charge in [-0.15, -0.1) is 11.3 Å². The molecule has 0 saturated carbocycles. The van der Waals surface area contributed by atoms with E-state index in [1.54, 1.807) is 11.3 Å². The smallest absolute Gasteiger partial charge is 0.265 e. The lowest BCUT2D eigenvalue weighted by Crippen LogP contribution is -2.23. The molecule has 1 aliphatic carbocycles. The first-order valence-electron chi connectivity index (χ1n) is 10.1. The largest absolute Gasteiger partial charge is 0.338 e. The lowest BCUT2D eigenvalue weighted by atomic mass is 9.91. The highest BCUT2D eigenvalue weighted by atomic mass is 32.1. The van der Waals surface area contributed by atoms with Gasteiger partial charge in [-0.3, -0.25) is 9.59 Å². The molecule has 2 amide bonds. The summed E-state index contributed by atoms with van der Waals surface area (Å²) in [5.74, 6) is 0.139. The summed E-state index contributed by atoms with van der Waals surface area (Å²) >= 11 is 1.57. The van der Waals surface area contributed by atoms with E-state index in [4.69, 9.17) is 0 Å². The van der Waals surface area contributed by atoms with Gasteiger partial charge in [-0.05, 0) is 59.7 Å². The first-order chi connectivity index (χ1) is 14.2. The number of rotatable bonds is 4. The molecule has 2 aromatic carbocycles. The average Bonchev–Trinajstić information content (AvgIpc) is 3.35. The zero-order chi connectivity index (χ0) is 19.8. The first-order valence-corrected chi connectivity index (χ1v) is 10.9. The summed E-state index contributed by atoms with van der Waals surface area (Å²) in [6.45, 7) is 1.42. The highest BCUT2D eigenvalue weighted by molar-refractivity contribution is 7.17. The van der Waals surface area contributed by atoms with Gasteiger partial charge in [-0.2, -0.15) is 0 Å². The Bertz CT molecular complexity index is 1100. The summed E-state index contributed by atoms with van der Waals surface area (Å²) in [6.07, 6.45) is 3.58. The van der Waals surface area contributed by atoms with Crippen LogP contribution in [0.5, 0.6) is 0 Å². The minimum Gasteiger partial charge on any atom is -0.338 e. The van der Waals surface area contributed by atoms with Crippen LogP contribution in [0.1, 0.15) is 39.2 Å². The van der Waals surface area contributed by atoms with Crippen molar-refractivity contribution in [3.05, 3.63) is 76.2 Å². The fourth-order valence-corrected chi connectivity index (χ4v) is 5.38. The Labute approximate surface area is 174 Å². The van der Waals surface area contributed by atoms with Gasteiger partial charge in [0, 0.05) is 30.1 Å². The number of benzene rings is 2. The maximum atomic E-state index is 12.9. The number of hydrogen-bond donors (Lipinski definition) is 1. The van der Waals surface area contributed by atoms with Gasteiger partial charge in [0.25, 0.3) is 5.91 Å². The van der Waals surface area contributed by atoms with Crippen LogP contribution in [0.2, 0.25) is 0 Å². The molecule has 4 nitrogen and oxygen atoms in total. The monoisotopic (exact) mass is 402 g/mol. The number of carbonyl (C=O) groups excluding carboxylic acids is 2. The average molecular weight is 403 g/mol. The van der Waals surface area contributed by atoms with Crippen molar-refractivity contribution in [1.29, 1.82) is 0 Å². The van der Waals surface area contributed by atoms with Crippen LogP contribution in [-0.2, 0) is 24.2 Å². The van der Waals surface area contributed by atoms with Gasteiger partial charge in [0.2, 0.25) is 5.91 Å². The molecule has 1 N–H and O–H groups in total. The van der Waals surface area contributed by atoms with Crippen LogP contribution in [-0.4, -0.2) is 23.3 Å². The molecule has 2 aliphatic rings. The van der Waals surface area contributed by atoms with Crippen LogP contribution in [0, 0.1) is 0 Å². The Morgan fingerprint density at radius 3 is 2.72 bits per heavy atom. The fourth-order valence-electron chi connectivity index (χ4n) is 4.22. The molecule has 0 spiro atoms. The number of hydrogen-bond acceptors (Lipinski definition) is 3. The lowest BCUT2D eigenvalue weighted by Gasteiger charge is -2.16. The summed E-state index contributed by atoms with van der Waals surface area (Å²) in [4.78, 5) is 28.6. The summed E-state index contributed by atoms with van der Waals surface area (Å²) < 4.78 is 0. The molecule has 146 valence electrons. The maximum absolute atomic E-state index is 12.9. The van der Waals surface area contributed by atoms with Crippen molar-refractivity contribution >= 4 is 28.8 Å². The van der Waals surface area contributed by atoms with Gasteiger partial charge in [-0.1, -0.05) is 36.4 Å². The van der Waals surface area contributed by atoms with E-state index in [2.05, 4.69) is 29.6 Å². The zero-order valence-corrected chi connectivity index (χ0v) is 16.9. The molecule has 0 atom stereocenters. The Kier molecular flexibility index (Phi) is 4.68. The van der Waals surface area contributed by atoms with E-state index in [-0.39, 0.29) is 11.8 Å². The van der Waals surface area contributed by atoms with Crippen molar-refractivity contribution in [2.45, 2.75) is 32.2 Å². The highest BCUT2D eigenvalue weighted by Gasteiger charge is 2.22. The van der Waals surface area contributed by atoms with Crippen molar-refractivity contribution in [2.24, 2.45) is 0 Å². The van der Waals surface area contributed by atoms with Gasteiger partial charge >= 0.3 is 0 Å². The van der Waals surface area contributed by atoms with Gasteiger partial charge in [0.1, 0.15) is 0 Å². The molecule has 0 bridgehead atoms. The molecule has 3 aromatic rings. The number of thiophene rings is 1. The molecule has 1 aromatic heterocycles. The summed E-state index contributed by atoms with van der Waals surface area (Å²) in [7, 11) is 0. The summed E-state index contributed by atoms with van der Waals surface area (Å²) in [5, 5.41) is 3.04. The Balaban J connectivity index is 1.33. The van der Waals surface area contributed by atoms with Gasteiger partial charge < -0.3 is 10.2 Å². The van der Waals surface area contributed by atoms with Crippen molar-refractivity contribution in [1.82, 2.24) is 4.90 Å². The van der Waals surface area contributed by atoms with Crippen molar-refractivity contribution in [3.63, 3.8) is 0 Å². The number of carbonyl (C=O) groups is 2. The number of anilines is 1. The minimum absolute atomic E-state index is 0.0729. The first kappa shape index (κ1) is 18.1. The molecule has 5 rings (SSSR count). The predicted molar refractivity (Wildman–Crippen MR) is 116 cm³/mol. The number of nitrogens with one attached hydrogen (secondary N) is 1. The SMILES string of the molecule is O=C(Nc1cccc(CN2CCCC2=O)c1)c1cc2c(s1)-c1ccccc1CC2. The van der Waals surface area contributed by atoms with E-state index in [1.807, 2.05) is 35.2 Å². The molecular formula is C24H22N2O2S. The minimum atomic E-state index is -0.0729. The number of aryl methyl sites for hydroxylation is 2. The van der Waals surface area contributed by atoms with Crippen LogP contribution in [0.25, 0.3) is 10.4 Å². The topological polar surface area (TPSA) is 49.4 Å². The third-order valence-corrected chi connectivity index (χ3v) is 6.90. The molecule has 2 heterocycles. The van der Waals surface area contributed by atoms with Crippen LogP contribution in [0.15, 0.2) is 54.6 Å². The third-order valence-electron chi connectivity index (χ3n) is 5.69. The molecule has 1 aliphatic heterocycles. The normalized spacial score (nSPS) is 15.2. The van der Waals surface area contributed by atoms with E-state index >= 15 is 0 Å². The lowest BCUT2D eigenvalue weighted by molar-refractivity contribution is -0.128. The molecular weight excluding hydrogens is 380 g/mol. The van der Waals surface area contributed by atoms with Crippen molar-refractivity contribution < 1.29 is 9.59 Å². The molecule has 1 saturated heterocycles. The molecule has 0 radical (unpaired) electrons. The second kappa shape index (κ2) is 7.48. The number of likely N-dealkylation sites (tertiary alicyclic amines) is 1. The molecule has 29 heavy (non-hydrogen) atoms. The molecule has 5 heteroatoms. The zero-order valence-electron chi connectivity index (χ0n) is 16.1. The van der Waals surface area contributed by atoms with E-state index in [1.165, 1.54) is 21.6 Å². The Morgan fingerprint density at radius 2 is 1.86 bits per heavy atom.